The van der Waals surface area contributed by atoms with E-state index in [9.17, 15) is 26.0 Å². The van der Waals surface area contributed by atoms with Crippen LogP contribution in [0, 0.1) is 5.82 Å². The molecule has 4 aromatic rings. The molecule has 0 aliphatic heterocycles. The van der Waals surface area contributed by atoms with Gasteiger partial charge in [0, 0.05) is 23.6 Å². The summed E-state index contributed by atoms with van der Waals surface area (Å²) < 4.78 is 80.7. The second-order valence-electron chi connectivity index (χ2n) is 6.57. The highest BCUT2D eigenvalue weighted by molar-refractivity contribution is 7.92. The highest BCUT2D eigenvalue weighted by Crippen LogP contribution is 2.33. The molecule has 2 aromatic carbocycles. The number of imidazole rings is 1. The largest absolute Gasteiger partial charge is 0.417 e. The summed E-state index contributed by atoms with van der Waals surface area (Å²) in [6.45, 7) is 0. The van der Waals surface area contributed by atoms with Crippen LogP contribution in [-0.4, -0.2) is 17.8 Å². The Morgan fingerprint density at radius 1 is 1.00 bits per heavy atom. The molecule has 0 aliphatic carbocycles. The van der Waals surface area contributed by atoms with E-state index in [1.807, 2.05) is 0 Å². The van der Waals surface area contributed by atoms with Crippen molar-refractivity contribution in [3.8, 4) is 11.3 Å². The summed E-state index contributed by atoms with van der Waals surface area (Å²) in [5.41, 5.74) is 0.148. The maximum absolute atomic E-state index is 13.1. The van der Waals surface area contributed by atoms with E-state index < -0.39 is 27.6 Å². The number of benzene rings is 2. The van der Waals surface area contributed by atoms with Gasteiger partial charge >= 0.3 is 6.18 Å². The normalized spacial score (nSPS) is 12.3. The summed E-state index contributed by atoms with van der Waals surface area (Å²) in [6, 6.07) is 11.3. The first-order valence-corrected chi connectivity index (χ1v) is 10.5. The van der Waals surface area contributed by atoms with Crippen molar-refractivity contribution >= 4 is 33.0 Å². The lowest BCUT2D eigenvalue weighted by atomic mass is 10.1. The smallest absolute Gasteiger partial charge is 0.305 e. The third kappa shape index (κ3) is 4.35. The predicted molar refractivity (Wildman–Crippen MR) is 108 cm³/mol. The molecule has 11 heteroatoms. The molecule has 2 aromatic heterocycles. The number of rotatable bonds is 4. The van der Waals surface area contributed by atoms with Gasteiger partial charge < -0.3 is 4.40 Å². The first kappa shape index (κ1) is 21.1. The molecule has 0 radical (unpaired) electrons. The highest BCUT2D eigenvalue weighted by atomic mass is 35.5. The SMILES string of the molecule is O=S(=O)(Nc1cccc(-c2cn3cc(C(F)(F)F)cc(Cl)c3n2)c1)c1ccc(F)cc1. The lowest BCUT2D eigenvalue weighted by molar-refractivity contribution is -0.137. The van der Waals surface area contributed by atoms with Crippen molar-refractivity contribution < 1.29 is 26.0 Å². The van der Waals surface area contributed by atoms with Gasteiger partial charge in [-0.15, -0.1) is 0 Å². The maximum Gasteiger partial charge on any atom is 0.417 e. The van der Waals surface area contributed by atoms with Gasteiger partial charge in [0.15, 0.2) is 5.65 Å². The zero-order valence-corrected chi connectivity index (χ0v) is 16.9. The molecule has 0 saturated heterocycles. The van der Waals surface area contributed by atoms with Crippen LogP contribution in [0.5, 0.6) is 0 Å². The molecular weight excluding hydrogens is 458 g/mol. The van der Waals surface area contributed by atoms with Crippen molar-refractivity contribution in [1.29, 1.82) is 0 Å². The van der Waals surface area contributed by atoms with Gasteiger partial charge in [-0.05, 0) is 42.5 Å². The Kier molecular flexibility index (Phi) is 5.14. The summed E-state index contributed by atoms with van der Waals surface area (Å²) >= 11 is 5.96. The van der Waals surface area contributed by atoms with Crippen LogP contribution in [0.25, 0.3) is 16.9 Å². The Bertz CT molecular complexity index is 1380. The molecule has 0 fully saturated rings. The Labute approximate surface area is 179 Å². The number of hydrogen-bond acceptors (Lipinski definition) is 3. The molecule has 1 N–H and O–H groups in total. The average molecular weight is 470 g/mol. The third-order valence-corrected chi connectivity index (χ3v) is 6.04. The van der Waals surface area contributed by atoms with Crippen molar-refractivity contribution in [2.45, 2.75) is 11.1 Å². The molecular formula is C20H12ClF4N3O2S. The molecule has 160 valence electrons. The number of anilines is 1. The van der Waals surface area contributed by atoms with E-state index in [2.05, 4.69) is 9.71 Å². The second kappa shape index (κ2) is 7.54. The van der Waals surface area contributed by atoms with Crippen LogP contribution in [-0.2, 0) is 16.2 Å². The fourth-order valence-corrected chi connectivity index (χ4v) is 4.23. The molecule has 5 nitrogen and oxygen atoms in total. The van der Waals surface area contributed by atoms with E-state index in [-0.39, 0.29) is 21.3 Å². The van der Waals surface area contributed by atoms with Crippen LogP contribution in [0.1, 0.15) is 5.56 Å². The number of aromatic nitrogens is 2. The second-order valence-corrected chi connectivity index (χ2v) is 8.66. The molecule has 0 amide bonds. The fraction of sp³-hybridized carbons (Fsp3) is 0.0500. The van der Waals surface area contributed by atoms with Crippen LogP contribution in [0.3, 0.4) is 0 Å². The van der Waals surface area contributed by atoms with Crippen LogP contribution in [0.15, 0.2) is 71.9 Å². The zero-order valence-electron chi connectivity index (χ0n) is 15.4. The molecule has 4 rings (SSSR count). The lowest BCUT2D eigenvalue weighted by Gasteiger charge is -2.09. The number of nitrogens with one attached hydrogen (secondary N) is 1. The van der Waals surface area contributed by atoms with E-state index in [0.717, 1.165) is 40.9 Å². The molecule has 0 bridgehead atoms. The van der Waals surface area contributed by atoms with E-state index >= 15 is 0 Å². The van der Waals surface area contributed by atoms with Gasteiger partial charge in [-0.2, -0.15) is 13.2 Å². The number of halogens is 5. The molecule has 0 atom stereocenters. The summed E-state index contributed by atoms with van der Waals surface area (Å²) in [6.07, 6.45) is -2.33. The third-order valence-electron chi connectivity index (χ3n) is 4.37. The summed E-state index contributed by atoms with van der Waals surface area (Å²) in [4.78, 5) is 4.13. The average Bonchev–Trinajstić information content (AvgIpc) is 3.12. The number of pyridine rings is 1. The topological polar surface area (TPSA) is 63.5 Å². The minimum absolute atomic E-state index is 0.126. The Morgan fingerprint density at radius 3 is 2.39 bits per heavy atom. The number of nitrogens with zero attached hydrogens (tertiary/aromatic N) is 2. The molecule has 0 spiro atoms. The Morgan fingerprint density at radius 2 is 1.71 bits per heavy atom. The minimum Gasteiger partial charge on any atom is -0.305 e. The minimum atomic E-state index is -4.57. The van der Waals surface area contributed by atoms with E-state index in [0.29, 0.717) is 11.3 Å². The number of fused-ring (bicyclic) bond motifs is 1. The van der Waals surface area contributed by atoms with Crippen molar-refractivity contribution in [1.82, 2.24) is 9.38 Å². The first-order valence-electron chi connectivity index (χ1n) is 8.67. The molecule has 31 heavy (non-hydrogen) atoms. The Hall–Kier alpha value is -3.11. The highest BCUT2D eigenvalue weighted by Gasteiger charge is 2.32. The van der Waals surface area contributed by atoms with E-state index in [1.54, 1.807) is 12.1 Å². The number of sulfonamides is 1. The van der Waals surface area contributed by atoms with Gasteiger partial charge in [0.05, 0.1) is 21.2 Å². The summed E-state index contributed by atoms with van der Waals surface area (Å²) in [7, 11) is -3.97. The van der Waals surface area contributed by atoms with Gasteiger partial charge in [0.2, 0.25) is 0 Å². The number of hydrogen-bond donors (Lipinski definition) is 1. The van der Waals surface area contributed by atoms with Crippen LogP contribution in [0.4, 0.5) is 23.2 Å². The molecule has 0 unspecified atom stereocenters. The molecule has 2 heterocycles. The molecule has 0 saturated carbocycles. The van der Waals surface area contributed by atoms with Gasteiger partial charge in [-0.1, -0.05) is 23.7 Å². The quantitative estimate of drug-likeness (QED) is 0.395. The summed E-state index contributed by atoms with van der Waals surface area (Å²) in [5.74, 6) is -0.569. The van der Waals surface area contributed by atoms with E-state index in [1.165, 1.54) is 18.3 Å². The monoisotopic (exact) mass is 469 g/mol. The lowest BCUT2D eigenvalue weighted by Crippen LogP contribution is -2.12. The van der Waals surface area contributed by atoms with E-state index in [4.69, 9.17) is 11.6 Å². The fourth-order valence-electron chi connectivity index (χ4n) is 2.92. The van der Waals surface area contributed by atoms with Crippen molar-refractivity contribution in [2.75, 3.05) is 4.72 Å². The number of alkyl halides is 3. The molecule has 0 aliphatic rings. The summed E-state index contributed by atoms with van der Waals surface area (Å²) in [5, 5.41) is -0.172. The standard InChI is InChI=1S/C20H12ClF4N3O2S/c21-17-9-13(20(23,24)25)10-28-11-18(26-19(17)28)12-2-1-3-15(8-12)27-31(29,30)16-6-4-14(22)5-7-16/h1-11,27H. The van der Waals surface area contributed by atoms with Gasteiger partial charge in [0.25, 0.3) is 10.0 Å². The predicted octanol–water partition coefficient (Wildman–Crippen LogP) is 5.61. The maximum atomic E-state index is 13.1. The van der Waals surface area contributed by atoms with Crippen molar-refractivity contribution in [2.24, 2.45) is 0 Å². The zero-order chi connectivity index (χ0) is 22.4. The van der Waals surface area contributed by atoms with Crippen molar-refractivity contribution in [3.63, 3.8) is 0 Å². The van der Waals surface area contributed by atoms with Crippen LogP contribution in [0.2, 0.25) is 5.02 Å². The van der Waals surface area contributed by atoms with Gasteiger partial charge in [0.1, 0.15) is 5.82 Å². The van der Waals surface area contributed by atoms with Crippen molar-refractivity contribution in [3.05, 3.63) is 83.4 Å². The van der Waals surface area contributed by atoms with Crippen LogP contribution < -0.4 is 4.72 Å². The Balaban J connectivity index is 1.69. The van der Waals surface area contributed by atoms with Gasteiger partial charge in [-0.3, -0.25) is 4.72 Å². The first-order chi connectivity index (χ1) is 14.5. The van der Waals surface area contributed by atoms with Gasteiger partial charge in [-0.25, -0.2) is 17.8 Å². The van der Waals surface area contributed by atoms with Crippen LogP contribution >= 0.6 is 11.6 Å².